The number of hydrogen-bond donors (Lipinski definition) is 1. The second-order valence-electron chi connectivity index (χ2n) is 6.57. The molecule has 146 valence electrons. The first-order valence-electron chi connectivity index (χ1n) is 8.54. The van der Waals surface area contributed by atoms with Crippen LogP contribution in [0.5, 0.6) is 0 Å². The third-order valence-electron chi connectivity index (χ3n) is 4.27. The molecule has 0 saturated carbocycles. The minimum atomic E-state index is -4.13. The van der Waals surface area contributed by atoms with Crippen LogP contribution in [-0.2, 0) is 16.6 Å². The van der Waals surface area contributed by atoms with Crippen LogP contribution in [0.25, 0.3) is 0 Å². The summed E-state index contributed by atoms with van der Waals surface area (Å²) in [6.45, 7) is 5.87. The zero-order valence-corrected chi connectivity index (χ0v) is 16.5. The van der Waals surface area contributed by atoms with E-state index in [4.69, 9.17) is 0 Å². The maximum absolute atomic E-state index is 12.8. The van der Waals surface area contributed by atoms with E-state index in [9.17, 15) is 18.5 Å². The number of anilines is 1. The molecule has 0 bridgehead atoms. The van der Waals surface area contributed by atoms with Crippen LogP contribution < -0.4 is 4.72 Å². The molecule has 1 aromatic heterocycles. The van der Waals surface area contributed by atoms with E-state index in [1.165, 1.54) is 25.1 Å². The molecule has 2 aromatic carbocycles. The summed E-state index contributed by atoms with van der Waals surface area (Å²) in [5.74, 6) is 0. The number of nitro groups is 1. The molecular weight excluding hydrogens is 380 g/mol. The lowest BCUT2D eigenvalue weighted by molar-refractivity contribution is -0.387. The van der Waals surface area contributed by atoms with Crippen molar-refractivity contribution < 1.29 is 13.3 Å². The van der Waals surface area contributed by atoms with Crippen molar-refractivity contribution in [1.82, 2.24) is 9.78 Å². The van der Waals surface area contributed by atoms with Crippen molar-refractivity contribution in [3.8, 4) is 0 Å². The predicted molar refractivity (Wildman–Crippen MR) is 106 cm³/mol. The van der Waals surface area contributed by atoms with Gasteiger partial charge in [-0.3, -0.25) is 19.5 Å². The van der Waals surface area contributed by atoms with E-state index in [2.05, 4.69) is 9.82 Å². The molecule has 0 aliphatic rings. The van der Waals surface area contributed by atoms with Crippen molar-refractivity contribution >= 4 is 21.4 Å². The lowest BCUT2D eigenvalue weighted by Crippen LogP contribution is -2.16. The van der Waals surface area contributed by atoms with Crippen molar-refractivity contribution in [2.75, 3.05) is 4.72 Å². The number of sulfonamides is 1. The van der Waals surface area contributed by atoms with E-state index in [-0.39, 0.29) is 4.90 Å². The highest BCUT2D eigenvalue weighted by Gasteiger charge is 2.27. The molecule has 0 aliphatic carbocycles. The molecule has 9 heteroatoms. The Bertz CT molecular complexity index is 1150. The van der Waals surface area contributed by atoms with Gasteiger partial charge in [-0.25, -0.2) is 8.42 Å². The van der Waals surface area contributed by atoms with E-state index in [1.807, 2.05) is 30.7 Å². The van der Waals surface area contributed by atoms with Gasteiger partial charge >= 0.3 is 0 Å². The van der Waals surface area contributed by atoms with Crippen molar-refractivity contribution in [3.05, 3.63) is 81.2 Å². The van der Waals surface area contributed by atoms with Crippen LogP contribution in [0, 0.1) is 30.9 Å². The average molecular weight is 400 g/mol. The summed E-state index contributed by atoms with van der Waals surface area (Å²) in [5, 5.41) is 15.7. The van der Waals surface area contributed by atoms with Gasteiger partial charge in [0.05, 0.1) is 17.2 Å². The van der Waals surface area contributed by atoms with Gasteiger partial charge in [-0.1, -0.05) is 24.3 Å². The van der Waals surface area contributed by atoms with Gasteiger partial charge in [0.2, 0.25) is 0 Å². The fourth-order valence-electron chi connectivity index (χ4n) is 3.08. The Morgan fingerprint density at radius 1 is 1.11 bits per heavy atom. The summed E-state index contributed by atoms with van der Waals surface area (Å²) in [6, 6.07) is 13.0. The zero-order chi connectivity index (χ0) is 20.5. The second-order valence-corrected chi connectivity index (χ2v) is 8.19. The molecule has 0 atom stereocenters. The monoisotopic (exact) mass is 400 g/mol. The first-order chi connectivity index (χ1) is 13.2. The summed E-state index contributed by atoms with van der Waals surface area (Å²) in [4.78, 5) is 10.2. The molecular formula is C19H20N4O4S. The van der Waals surface area contributed by atoms with Gasteiger partial charge in [0.15, 0.2) is 4.90 Å². The number of nitrogens with one attached hydrogen (secondary N) is 1. The number of rotatable bonds is 6. The van der Waals surface area contributed by atoms with E-state index in [1.54, 1.807) is 18.2 Å². The van der Waals surface area contributed by atoms with Crippen molar-refractivity contribution in [3.63, 3.8) is 0 Å². The summed E-state index contributed by atoms with van der Waals surface area (Å²) < 4.78 is 30.0. The standard InChI is InChI=1S/C19H20N4O4S/c1-13-6-4-9-18(23(24)25)19(13)28(26,27)21-17-8-5-7-16(11-17)12-22-15(3)10-14(2)20-22/h4-11,21H,12H2,1-3H3. The maximum atomic E-state index is 12.8. The molecule has 0 aliphatic heterocycles. The quantitative estimate of drug-likeness (QED) is 0.503. The van der Waals surface area contributed by atoms with Gasteiger partial charge in [0, 0.05) is 17.4 Å². The fourth-order valence-corrected chi connectivity index (χ4v) is 4.53. The van der Waals surface area contributed by atoms with Crippen molar-refractivity contribution in [2.45, 2.75) is 32.2 Å². The minimum absolute atomic E-state index is 0.306. The van der Waals surface area contributed by atoms with E-state index >= 15 is 0 Å². The Balaban J connectivity index is 1.92. The number of nitro benzene ring substituents is 1. The Kier molecular flexibility index (Phi) is 5.19. The van der Waals surface area contributed by atoms with Gasteiger partial charge in [-0.05, 0) is 50.1 Å². The average Bonchev–Trinajstić information content (AvgIpc) is 2.91. The van der Waals surface area contributed by atoms with Gasteiger partial charge < -0.3 is 0 Å². The summed E-state index contributed by atoms with van der Waals surface area (Å²) in [5.41, 5.74) is 2.94. The number of nitrogens with zero attached hydrogens (tertiary/aromatic N) is 3. The Morgan fingerprint density at radius 3 is 2.46 bits per heavy atom. The van der Waals surface area contributed by atoms with Crippen LogP contribution in [0.2, 0.25) is 0 Å². The smallest absolute Gasteiger partial charge is 0.279 e. The van der Waals surface area contributed by atoms with Crippen LogP contribution >= 0.6 is 0 Å². The maximum Gasteiger partial charge on any atom is 0.290 e. The van der Waals surface area contributed by atoms with Crippen LogP contribution in [0.1, 0.15) is 22.5 Å². The lowest BCUT2D eigenvalue weighted by atomic mass is 10.2. The van der Waals surface area contributed by atoms with Gasteiger partial charge in [0.1, 0.15) is 0 Å². The summed E-state index contributed by atoms with van der Waals surface area (Å²) in [7, 11) is -4.13. The van der Waals surface area contributed by atoms with Crippen molar-refractivity contribution in [2.24, 2.45) is 0 Å². The molecule has 0 saturated heterocycles. The molecule has 28 heavy (non-hydrogen) atoms. The molecule has 0 radical (unpaired) electrons. The van der Waals surface area contributed by atoms with Crippen LogP contribution in [0.4, 0.5) is 11.4 Å². The second kappa shape index (κ2) is 7.43. The lowest BCUT2D eigenvalue weighted by Gasteiger charge is -2.12. The summed E-state index contributed by atoms with van der Waals surface area (Å²) >= 11 is 0. The van der Waals surface area contributed by atoms with Crippen molar-refractivity contribution in [1.29, 1.82) is 0 Å². The highest BCUT2D eigenvalue weighted by Crippen LogP contribution is 2.29. The molecule has 1 N–H and O–H groups in total. The Labute approximate surface area is 163 Å². The van der Waals surface area contributed by atoms with E-state index in [0.717, 1.165) is 17.0 Å². The third-order valence-corrected chi connectivity index (χ3v) is 5.84. The largest absolute Gasteiger partial charge is 0.290 e. The molecule has 0 spiro atoms. The highest BCUT2D eigenvalue weighted by atomic mass is 32.2. The molecule has 1 heterocycles. The molecule has 3 rings (SSSR count). The van der Waals surface area contributed by atoms with Gasteiger partial charge in [-0.15, -0.1) is 0 Å². The zero-order valence-electron chi connectivity index (χ0n) is 15.7. The Hall–Kier alpha value is -3.20. The SMILES string of the molecule is Cc1cc(C)n(Cc2cccc(NS(=O)(=O)c3c(C)cccc3[N+](=O)[O-])c2)n1. The first-order valence-corrected chi connectivity index (χ1v) is 10.0. The number of hydrogen-bond acceptors (Lipinski definition) is 5. The molecule has 0 unspecified atom stereocenters. The number of aromatic nitrogens is 2. The van der Waals surface area contributed by atoms with Crippen LogP contribution in [0.15, 0.2) is 53.4 Å². The highest BCUT2D eigenvalue weighted by molar-refractivity contribution is 7.93. The van der Waals surface area contributed by atoms with Gasteiger partial charge in [-0.2, -0.15) is 5.10 Å². The van der Waals surface area contributed by atoms with E-state index < -0.39 is 20.6 Å². The Morgan fingerprint density at radius 2 is 1.82 bits per heavy atom. The van der Waals surface area contributed by atoms with E-state index in [0.29, 0.717) is 17.8 Å². The van der Waals surface area contributed by atoms with Gasteiger partial charge in [0.25, 0.3) is 15.7 Å². The number of aryl methyl sites for hydroxylation is 3. The molecule has 0 fully saturated rings. The van der Waals surface area contributed by atoms with Crippen LogP contribution in [-0.4, -0.2) is 23.1 Å². The predicted octanol–water partition coefficient (Wildman–Crippen LogP) is 3.57. The molecule has 3 aromatic rings. The van der Waals surface area contributed by atoms with Crippen LogP contribution in [0.3, 0.4) is 0 Å². The fraction of sp³-hybridized carbons (Fsp3) is 0.211. The number of benzene rings is 2. The summed E-state index contributed by atoms with van der Waals surface area (Å²) in [6.07, 6.45) is 0. The first kappa shape index (κ1) is 19.6. The normalized spacial score (nSPS) is 11.4. The topological polar surface area (TPSA) is 107 Å². The minimum Gasteiger partial charge on any atom is -0.279 e. The third kappa shape index (κ3) is 4.04. The molecule has 8 nitrogen and oxygen atoms in total. The molecule has 0 amide bonds.